The third-order valence-electron chi connectivity index (χ3n) is 4.47. The molecule has 0 aromatic heterocycles. The van der Waals surface area contributed by atoms with Crippen molar-refractivity contribution in [2.45, 2.75) is 33.1 Å². The van der Waals surface area contributed by atoms with Gasteiger partial charge in [0.1, 0.15) is 0 Å². The van der Waals surface area contributed by atoms with Crippen LogP contribution in [0.15, 0.2) is 0 Å². The first-order valence-corrected chi connectivity index (χ1v) is 5.31. The standard InChI is InChI=1S/C11H21N/c1-11(2)9-5-4-8(7-12-3)10(11)6-9/h8-10,12H,4-7H2,1-3H3/t8-,9?,10-/m0/s1. The number of fused-ring (bicyclic) bond motifs is 2. The second kappa shape index (κ2) is 2.73. The van der Waals surface area contributed by atoms with E-state index in [4.69, 9.17) is 0 Å². The maximum absolute atomic E-state index is 3.33. The molecule has 3 aliphatic carbocycles. The van der Waals surface area contributed by atoms with E-state index in [1.165, 1.54) is 25.8 Å². The van der Waals surface area contributed by atoms with Crippen LogP contribution in [-0.4, -0.2) is 13.6 Å². The highest BCUT2D eigenvalue weighted by Crippen LogP contribution is 2.61. The molecule has 0 aromatic rings. The minimum atomic E-state index is 0.666. The van der Waals surface area contributed by atoms with E-state index in [2.05, 4.69) is 26.2 Å². The Balaban J connectivity index is 2.01. The van der Waals surface area contributed by atoms with Crippen molar-refractivity contribution in [1.82, 2.24) is 5.32 Å². The van der Waals surface area contributed by atoms with E-state index in [0.717, 1.165) is 17.8 Å². The van der Waals surface area contributed by atoms with Crippen LogP contribution in [0.4, 0.5) is 0 Å². The summed E-state index contributed by atoms with van der Waals surface area (Å²) in [6.45, 7) is 6.17. The molecule has 3 rings (SSSR count). The molecular weight excluding hydrogens is 146 g/mol. The van der Waals surface area contributed by atoms with Crippen molar-refractivity contribution in [2.75, 3.05) is 13.6 Å². The van der Waals surface area contributed by atoms with E-state index < -0.39 is 0 Å². The molecule has 0 aliphatic heterocycles. The van der Waals surface area contributed by atoms with Crippen molar-refractivity contribution >= 4 is 0 Å². The van der Waals surface area contributed by atoms with Gasteiger partial charge in [-0.2, -0.15) is 0 Å². The number of nitrogens with one attached hydrogen (secondary N) is 1. The Morgan fingerprint density at radius 3 is 2.58 bits per heavy atom. The summed E-state index contributed by atoms with van der Waals surface area (Å²) in [5.41, 5.74) is 0.666. The van der Waals surface area contributed by atoms with Gasteiger partial charge in [0.25, 0.3) is 0 Å². The number of hydrogen-bond acceptors (Lipinski definition) is 1. The van der Waals surface area contributed by atoms with Crippen LogP contribution in [0, 0.1) is 23.2 Å². The maximum Gasteiger partial charge on any atom is -0.00207 e. The molecule has 70 valence electrons. The molecule has 0 amide bonds. The normalized spacial score (nSPS) is 43.8. The molecule has 1 unspecified atom stereocenters. The summed E-state index contributed by atoms with van der Waals surface area (Å²) in [5, 5.41) is 3.33. The molecule has 0 radical (unpaired) electrons. The molecule has 0 spiro atoms. The first-order valence-electron chi connectivity index (χ1n) is 5.31. The van der Waals surface area contributed by atoms with E-state index in [1.54, 1.807) is 0 Å². The second-order valence-corrected chi connectivity index (χ2v) is 5.26. The number of rotatable bonds is 2. The van der Waals surface area contributed by atoms with Crippen molar-refractivity contribution in [2.24, 2.45) is 23.2 Å². The zero-order chi connectivity index (χ0) is 8.77. The van der Waals surface area contributed by atoms with Crippen molar-refractivity contribution in [3.63, 3.8) is 0 Å². The lowest BCUT2D eigenvalue weighted by molar-refractivity contribution is -0.103. The fourth-order valence-electron chi connectivity index (χ4n) is 3.47. The van der Waals surface area contributed by atoms with Gasteiger partial charge in [-0.25, -0.2) is 0 Å². The first kappa shape index (κ1) is 8.55. The Hall–Kier alpha value is -0.0400. The van der Waals surface area contributed by atoms with Crippen molar-refractivity contribution in [3.05, 3.63) is 0 Å². The Morgan fingerprint density at radius 2 is 2.08 bits per heavy atom. The smallest absolute Gasteiger partial charge is 0.00207 e. The lowest BCUT2D eigenvalue weighted by Gasteiger charge is -2.60. The van der Waals surface area contributed by atoms with Crippen LogP contribution in [0.25, 0.3) is 0 Å². The maximum atomic E-state index is 3.33. The van der Waals surface area contributed by atoms with Crippen LogP contribution < -0.4 is 5.32 Å². The zero-order valence-corrected chi connectivity index (χ0v) is 8.56. The summed E-state index contributed by atoms with van der Waals surface area (Å²) >= 11 is 0. The minimum Gasteiger partial charge on any atom is -0.319 e. The Labute approximate surface area is 75.9 Å². The topological polar surface area (TPSA) is 12.0 Å². The van der Waals surface area contributed by atoms with Gasteiger partial charge >= 0.3 is 0 Å². The van der Waals surface area contributed by atoms with Gasteiger partial charge in [-0.05, 0) is 56.0 Å². The molecule has 3 saturated carbocycles. The largest absolute Gasteiger partial charge is 0.319 e. The van der Waals surface area contributed by atoms with Gasteiger partial charge in [0.05, 0.1) is 0 Å². The SMILES string of the molecule is CNC[C@@H]1CCC2C[C@@H]1C2(C)C. The molecule has 1 N–H and O–H groups in total. The molecule has 0 saturated heterocycles. The lowest BCUT2D eigenvalue weighted by atomic mass is 9.45. The van der Waals surface area contributed by atoms with Crippen LogP contribution in [0.2, 0.25) is 0 Å². The molecule has 3 aliphatic rings. The van der Waals surface area contributed by atoms with Crippen molar-refractivity contribution in [1.29, 1.82) is 0 Å². The quantitative estimate of drug-likeness (QED) is 0.665. The fraction of sp³-hybridized carbons (Fsp3) is 1.00. The van der Waals surface area contributed by atoms with E-state index in [1.807, 2.05) is 0 Å². The lowest BCUT2D eigenvalue weighted by Crippen LogP contribution is -2.54. The predicted octanol–water partition coefficient (Wildman–Crippen LogP) is 2.28. The van der Waals surface area contributed by atoms with E-state index in [9.17, 15) is 0 Å². The Morgan fingerprint density at radius 1 is 1.33 bits per heavy atom. The highest BCUT2D eigenvalue weighted by Gasteiger charge is 2.53. The summed E-state index contributed by atoms with van der Waals surface area (Å²) in [6, 6.07) is 0. The molecular formula is C11H21N. The van der Waals surface area contributed by atoms with Gasteiger partial charge in [-0.15, -0.1) is 0 Å². The van der Waals surface area contributed by atoms with Crippen molar-refractivity contribution in [3.8, 4) is 0 Å². The van der Waals surface area contributed by atoms with Gasteiger partial charge in [0.15, 0.2) is 0 Å². The highest BCUT2D eigenvalue weighted by atomic mass is 14.8. The molecule has 1 heteroatoms. The van der Waals surface area contributed by atoms with E-state index in [0.29, 0.717) is 5.41 Å². The average molecular weight is 167 g/mol. The third kappa shape index (κ3) is 1.02. The van der Waals surface area contributed by atoms with Crippen LogP contribution in [0.3, 0.4) is 0 Å². The van der Waals surface area contributed by atoms with Crippen LogP contribution in [-0.2, 0) is 0 Å². The highest BCUT2D eigenvalue weighted by molar-refractivity contribution is 5.03. The van der Waals surface area contributed by atoms with Gasteiger partial charge in [-0.3, -0.25) is 0 Å². The molecule has 2 bridgehead atoms. The minimum absolute atomic E-state index is 0.666. The van der Waals surface area contributed by atoms with E-state index >= 15 is 0 Å². The third-order valence-corrected chi connectivity index (χ3v) is 4.47. The van der Waals surface area contributed by atoms with Gasteiger partial charge in [0.2, 0.25) is 0 Å². The summed E-state index contributed by atoms with van der Waals surface area (Å²) < 4.78 is 0. The Kier molecular flexibility index (Phi) is 1.95. The molecule has 12 heavy (non-hydrogen) atoms. The summed E-state index contributed by atoms with van der Waals surface area (Å²) in [4.78, 5) is 0. The van der Waals surface area contributed by atoms with Crippen LogP contribution in [0.1, 0.15) is 33.1 Å². The first-order chi connectivity index (χ1) is 5.66. The monoisotopic (exact) mass is 167 g/mol. The molecule has 0 heterocycles. The predicted molar refractivity (Wildman–Crippen MR) is 52.0 cm³/mol. The van der Waals surface area contributed by atoms with Gasteiger partial charge in [-0.1, -0.05) is 13.8 Å². The Bertz CT molecular complexity index is 170. The number of hydrogen-bond donors (Lipinski definition) is 1. The molecule has 3 atom stereocenters. The van der Waals surface area contributed by atoms with Gasteiger partial charge in [0, 0.05) is 0 Å². The zero-order valence-electron chi connectivity index (χ0n) is 8.56. The molecule has 0 aromatic carbocycles. The van der Waals surface area contributed by atoms with E-state index in [-0.39, 0.29) is 0 Å². The van der Waals surface area contributed by atoms with Crippen LogP contribution >= 0.6 is 0 Å². The summed E-state index contributed by atoms with van der Waals surface area (Å²) in [5.74, 6) is 3.04. The van der Waals surface area contributed by atoms with Gasteiger partial charge < -0.3 is 5.32 Å². The average Bonchev–Trinajstić information content (AvgIpc) is 2.05. The van der Waals surface area contributed by atoms with Crippen LogP contribution in [0.5, 0.6) is 0 Å². The van der Waals surface area contributed by atoms with Crippen molar-refractivity contribution < 1.29 is 0 Å². The molecule has 3 fully saturated rings. The summed E-state index contributed by atoms with van der Waals surface area (Å²) in [7, 11) is 2.08. The molecule has 1 nitrogen and oxygen atoms in total. The second-order valence-electron chi connectivity index (χ2n) is 5.26. The fourth-order valence-corrected chi connectivity index (χ4v) is 3.47. The summed E-state index contributed by atoms with van der Waals surface area (Å²) in [6.07, 6.45) is 4.47.